The Morgan fingerprint density at radius 3 is 2.60 bits per heavy atom. The standard InChI is InChI=1S/C8H11O.Pd/c1-9-8-5-6-2-3-7(8)4-6;/h2-3,5-8H,4H2,1H3;/q-1;. The fourth-order valence-electron chi connectivity index (χ4n) is 1.78. The van der Waals surface area contributed by atoms with Gasteiger partial charge in [-0.2, -0.15) is 0 Å². The first kappa shape index (κ1) is 8.46. The summed E-state index contributed by atoms with van der Waals surface area (Å²) < 4.78 is 5.24. The Morgan fingerprint density at radius 1 is 1.50 bits per heavy atom. The van der Waals surface area contributed by atoms with Crippen molar-refractivity contribution >= 4 is 0 Å². The van der Waals surface area contributed by atoms with Crippen molar-refractivity contribution in [3.63, 3.8) is 0 Å². The van der Waals surface area contributed by atoms with Crippen LogP contribution >= 0.6 is 0 Å². The second-order valence-electron chi connectivity index (χ2n) is 2.84. The number of ether oxygens (including phenoxy) is 1. The summed E-state index contributed by atoms with van der Waals surface area (Å²) in [6, 6.07) is 0. The van der Waals surface area contributed by atoms with Crippen molar-refractivity contribution < 1.29 is 25.2 Å². The van der Waals surface area contributed by atoms with Gasteiger partial charge in [0.1, 0.15) is 0 Å². The summed E-state index contributed by atoms with van der Waals surface area (Å²) in [5.74, 6) is 1.42. The van der Waals surface area contributed by atoms with Crippen LogP contribution in [0.5, 0.6) is 0 Å². The molecule has 2 aliphatic rings. The Kier molecular flexibility index (Phi) is 2.68. The Bertz CT molecular complexity index is 144. The van der Waals surface area contributed by atoms with Crippen LogP contribution in [0.4, 0.5) is 0 Å². The predicted octanol–water partition coefficient (Wildman–Crippen LogP) is 1.41. The molecule has 3 unspecified atom stereocenters. The minimum absolute atomic E-state index is 0. The normalized spacial score (nSPS) is 41.9. The Hall–Kier alpha value is 0.362. The summed E-state index contributed by atoms with van der Waals surface area (Å²) in [5, 5.41) is 0. The number of fused-ring (bicyclic) bond motifs is 2. The van der Waals surface area contributed by atoms with E-state index in [0.717, 1.165) is 5.92 Å². The van der Waals surface area contributed by atoms with Crippen LogP contribution in [-0.2, 0) is 25.2 Å². The van der Waals surface area contributed by atoms with E-state index in [2.05, 4.69) is 18.6 Å². The fourth-order valence-corrected chi connectivity index (χ4v) is 1.78. The number of hydrogen-bond donors (Lipinski definition) is 0. The van der Waals surface area contributed by atoms with Crippen molar-refractivity contribution in [1.82, 2.24) is 0 Å². The molecule has 0 aromatic carbocycles. The molecule has 2 bridgehead atoms. The van der Waals surface area contributed by atoms with Crippen LogP contribution in [-0.4, -0.2) is 13.2 Å². The quantitative estimate of drug-likeness (QED) is 0.375. The third-order valence-corrected chi connectivity index (χ3v) is 2.28. The van der Waals surface area contributed by atoms with Crippen LogP contribution in [0.15, 0.2) is 12.2 Å². The van der Waals surface area contributed by atoms with Crippen molar-refractivity contribution in [2.75, 3.05) is 7.11 Å². The fraction of sp³-hybridized carbons (Fsp3) is 0.625. The zero-order valence-corrected chi connectivity index (χ0v) is 7.45. The van der Waals surface area contributed by atoms with E-state index in [4.69, 9.17) is 4.74 Å². The predicted molar refractivity (Wildman–Crippen MR) is 35.8 cm³/mol. The van der Waals surface area contributed by atoms with Gasteiger partial charge in [0.25, 0.3) is 0 Å². The molecule has 1 saturated carbocycles. The molecule has 1 nitrogen and oxygen atoms in total. The molecule has 60 valence electrons. The molecule has 0 heterocycles. The summed E-state index contributed by atoms with van der Waals surface area (Å²) in [5.41, 5.74) is 0. The molecular formula is C8H11OPd-. The summed E-state index contributed by atoms with van der Waals surface area (Å²) in [7, 11) is 1.79. The molecule has 0 N–H and O–H groups in total. The van der Waals surface area contributed by atoms with Crippen LogP contribution in [0.2, 0.25) is 0 Å². The third-order valence-electron chi connectivity index (χ3n) is 2.28. The van der Waals surface area contributed by atoms with E-state index in [-0.39, 0.29) is 20.4 Å². The van der Waals surface area contributed by atoms with Crippen LogP contribution in [0.1, 0.15) is 6.42 Å². The summed E-state index contributed by atoms with van der Waals surface area (Å²) >= 11 is 0. The van der Waals surface area contributed by atoms with Gasteiger partial charge in [0.15, 0.2) is 0 Å². The molecule has 2 rings (SSSR count). The molecule has 0 aromatic rings. The molecule has 2 aliphatic carbocycles. The molecule has 0 aromatic heterocycles. The number of rotatable bonds is 1. The van der Waals surface area contributed by atoms with Crippen molar-refractivity contribution in [3.8, 4) is 0 Å². The molecule has 2 heteroatoms. The van der Waals surface area contributed by atoms with Crippen LogP contribution in [0.25, 0.3) is 0 Å². The molecule has 0 amide bonds. The first-order valence-corrected chi connectivity index (χ1v) is 3.46. The van der Waals surface area contributed by atoms with Gasteiger partial charge < -0.3 is 4.74 Å². The van der Waals surface area contributed by atoms with Crippen molar-refractivity contribution in [3.05, 3.63) is 18.6 Å². The van der Waals surface area contributed by atoms with Gasteiger partial charge in [0.2, 0.25) is 0 Å². The molecule has 1 fully saturated rings. The molecule has 0 radical (unpaired) electrons. The largest absolute Gasteiger partial charge is 0.413 e. The van der Waals surface area contributed by atoms with Crippen molar-refractivity contribution in [1.29, 1.82) is 0 Å². The van der Waals surface area contributed by atoms with Gasteiger partial charge in [-0.25, -0.2) is 0 Å². The Labute approximate surface area is 75.5 Å². The monoisotopic (exact) mass is 229 g/mol. The molecular weight excluding hydrogens is 219 g/mol. The van der Waals surface area contributed by atoms with E-state index in [9.17, 15) is 0 Å². The van der Waals surface area contributed by atoms with Gasteiger partial charge in [0, 0.05) is 27.5 Å². The summed E-state index contributed by atoms with van der Waals surface area (Å²) in [6.45, 7) is 0. The zero-order valence-electron chi connectivity index (χ0n) is 5.90. The maximum Gasteiger partial charge on any atom is 0.0323 e. The van der Waals surface area contributed by atoms with E-state index in [1.807, 2.05) is 0 Å². The second-order valence-corrected chi connectivity index (χ2v) is 2.84. The van der Waals surface area contributed by atoms with E-state index in [0.29, 0.717) is 12.0 Å². The van der Waals surface area contributed by atoms with E-state index in [1.165, 1.54) is 6.42 Å². The van der Waals surface area contributed by atoms with E-state index >= 15 is 0 Å². The molecule has 3 atom stereocenters. The number of methoxy groups -OCH3 is 1. The van der Waals surface area contributed by atoms with Gasteiger partial charge in [-0.05, 0) is 5.92 Å². The van der Waals surface area contributed by atoms with Gasteiger partial charge >= 0.3 is 0 Å². The smallest absolute Gasteiger partial charge is 0.0323 e. The first-order valence-electron chi connectivity index (χ1n) is 3.46. The van der Waals surface area contributed by atoms with Gasteiger partial charge in [0.05, 0.1) is 0 Å². The van der Waals surface area contributed by atoms with Gasteiger partial charge in [-0.3, -0.25) is 6.42 Å². The molecule has 0 saturated heterocycles. The topological polar surface area (TPSA) is 9.23 Å². The minimum Gasteiger partial charge on any atom is -0.413 e. The average molecular weight is 230 g/mol. The van der Waals surface area contributed by atoms with Crippen molar-refractivity contribution in [2.24, 2.45) is 11.8 Å². The summed E-state index contributed by atoms with van der Waals surface area (Å²) in [6.07, 6.45) is 8.56. The molecule has 0 aliphatic heterocycles. The van der Waals surface area contributed by atoms with Gasteiger partial charge in [-0.15, -0.1) is 12.0 Å². The number of allylic oxidation sites excluding steroid dienone is 1. The minimum atomic E-state index is 0. The van der Waals surface area contributed by atoms with Crippen LogP contribution < -0.4 is 0 Å². The second kappa shape index (κ2) is 3.17. The van der Waals surface area contributed by atoms with Gasteiger partial charge in [-0.1, -0.05) is 18.6 Å². The van der Waals surface area contributed by atoms with E-state index in [1.54, 1.807) is 7.11 Å². The van der Waals surface area contributed by atoms with Crippen molar-refractivity contribution in [2.45, 2.75) is 12.5 Å². The maximum absolute atomic E-state index is 5.24. The maximum atomic E-state index is 5.24. The van der Waals surface area contributed by atoms with E-state index < -0.39 is 0 Å². The SMILES string of the molecule is COC1[CH-]C2C=CC1C2.[Pd]. The third kappa shape index (κ3) is 1.21. The first-order chi connectivity index (χ1) is 4.40. The number of hydrogen-bond acceptors (Lipinski definition) is 1. The van der Waals surface area contributed by atoms with Crippen LogP contribution in [0, 0.1) is 18.3 Å². The molecule has 0 spiro atoms. The van der Waals surface area contributed by atoms with Crippen LogP contribution in [0.3, 0.4) is 0 Å². The Balaban J connectivity index is 0.000000500. The Morgan fingerprint density at radius 2 is 2.30 bits per heavy atom. The molecule has 10 heavy (non-hydrogen) atoms. The summed E-state index contributed by atoms with van der Waals surface area (Å²) in [4.78, 5) is 0. The zero-order chi connectivity index (χ0) is 6.27. The average Bonchev–Trinajstić information content (AvgIpc) is 2.45.